The Bertz CT molecular complexity index is 367. The van der Waals surface area contributed by atoms with Crippen LogP contribution in [0.5, 0.6) is 0 Å². The van der Waals surface area contributed by atoms with Crippen molar-refractivity contribution in [2.45, 2.75) is 19.9 Å². The second-order valence-electron chi connectivity index (χ2n) is 3.49. The van der Waals surface area contributed by atoms with Gasteiger partial charge in [-0.25, -0.2) is 0 Å². The average Bonchev–Trinajstić information content (AvgIpc) is 2.29. The van der Waals surface area contributed by atoms with Crippen LogP contribution in [-0.4, -0.2) is 5.91 Å². The summed E-state index contributed by atoms with van der Waals surface area (Å²) in [5.74, 6) is -0.829. The molecule has 0 radical (unpaired) electrons. The summed E-state index contributed by atoms with van der Waals surface area (Å²) >= 11 is 0. The summed E-state index contributed by atoms with van der Waals surface area (Å²) in [7, 11) is 0. The van der Waals surface area contributed by atoms with Gasteiger partial charge in [-0.05, 0) is 19.4 Å². The number of hydrogen-bond acceptors (Lipinski definition) is 2. The molecule has 1 aromatic rings. The second-order valence-corrected chi connectivity index (χ2v) is 3.49. The first-order valence-electron chi connectivity index (χ1n) is 4.90. The molecule has 3 heteroatoms. The standard InChI is InChI=1S/C12H14N2O/c1-9(8-13)12(15)14-10(2)11-6-4-3-5-7-11/h3-7,9-10H,1-2H3,(H,14,15)/t9?,10-/m1/s1. The molecule has 0 fully saturated rings. The van der Waals surface area contributed by atoms with Crippen molar-refractivity contribution in [2.75, 3.05) is 0 Å². The Morgan fingerprint density at radius 1 is 1.33 bits per heavy atom. The van der Waals surface area contributed by atoms with Gasteiger partial charge in [0.1, 0.15) is 5.92 Å². The van der Waals surface area contributed by atoms with Crippen molar-refractivity contribution in [3.63, 3.8) is 0 Å². The number of rotatable bonds is 3. The third-order valence-electron chi connectivity index (χ3n) is 2.25. The molecular weight excluding hydrogens is 188 g/mol. The molecule has 0 bridgehead atoms. The molecule has 1 rings (SSSR count). The van der Waals surface area contributed by atoms with Gasteiger partial charge in [0, 0.05) is 0 Å². The summed E-state index contributed by atoms with van der Waals surface area (Å²) in [6.07, 6.45) is 0. The van der Waals surface area contributed by atoms with Gasteiger partial charge >= 0.3 is 0 Å². The molecule has 3 nitrogen and oxygen atoms in total. The van der Waals surface area contributed by atoms with Crippen LogP contribution in [0, 0.1) is 17.2 Å². The number of amides is 1. The fourth-order valence-electron chi connectivity index (χ4n) is 1.22. The van der Waals surface area contributed by atoms with E-state index in [1.807, 2.05) is 43.3 Å². The Morgan fingerprint density at radius 2 is 1.93 bits per heavy atom. The maximum Gasteiger partial charge on any atom is 0.237 e. The third kappa shape index (κ3) is 3.10. The van der Waals surface area contributed by atoms with Crippen molar-refractivity contribution in [3.05, 3.63) is 35.9 Å². The van der Waals surface area contributed by atoms with Crippen LogP contribution in [0.3, 0.4) is 0 Å². The molecule has 0 aliphatic rings. The molecule has 0 heterocycles. The minimum atomic E-state index is -0.601. The van der Waals surface area contributed by atoms with Gasteiger partial charge in [-0.3, -0.25) is 4.79 Å². The molecule has 0 saturated carbocycles. The van der Waals surface area contributed by atoms with Gasteiger partial charge in [0.2, 0.25) is 5.91 Å². The summed E-state index contributed by atoms with van der Waals surface area (Å²) < 4.78 is 0. The molecule has 1 amide bonds. The normalized spacial score (nSPS) is 13.7. The van der Waals surface area contributed by atoms with Crippen molar-refractivity contribution in [1.29, 1.82) is 5.26 Å². The number of hydrogen-bond donors (Lipinski definition) is 1. The topological polar surface area (TPSA) is 52.9 Å². The maximum atomic E-state index is 11.4. The van der Waals surface area contributed by atoms with Gasteiger partial charge in [-0.15, -0.1) is 0 Å². The van der Waals surface area contributed by atoms with E-state index in [-0.39, 0.29) is 11.9 Å². The number of nitrogens with zero attached hydrogens (tertiary/aromatic N) is 1. The zero-order valence-corrected chi connectivity index (χ0v) is 8.90. The Hall–Kier alpha value is -1.82. The fourth-order valence-corrected chi connectivity index (χ4v) is 1.22. The zero-order valence-electron chi connectivity index (χ0n) is 8.90. The van der Waals surface area contributed by atoms with Crippen LogP contribution in [0.1, 0.15) is 25.5 Å². The molecule has 1 N–H and O–H groups in total. The van der Waals surface area contributed by atoms with Crippen molar-refractivity contribution in [1.82, 2.24) is 5.32 Å². The van der Waals surface area contributed by atoms with E-state index >= 15 is 0 Å². The highest BCUT2D eigenvalue weighted by molar-refractivity contribution is 5.80. The van der Waals surface area contributed by atoms with E-state index < -0.39 is 5.92 Å². The van der Waals surface area contributed by atoms with Gasteiger partial charge in [-0.1, -0.05) is 30.3 Å². The molecule has 1 aromatic carbocycles. The zero-order chi connectivity index (χ0) is 11.3. The Morgan fingerprint density at radius 3 is 2.47 bits per heavy atom. The minimum absolute atomic E-state index is 0.0606. The van der Waals surface area contributed by atoms with E-state index in [4.69, 9.17) is 5.26 Å². The van der Waals surface area contributed by atoms with Gasteiger partial charge in [0.15, 0.2) is 0 Å². The van der Waals surface area contributed by atoms with Crippen LogP contribution in [0.4, 0.5) is 0 Å². The van der Waals surface area contributed by atoms with Crippen LogP contribution in [0.15, 0.2) is 30.3 Å². The second kappa shape index (κ2) is 5.16. The lowest BCUT2D eigenvalue weighted by Gasteiger charge is -2.14. The number of nitrogens with one attached hydrogen (secondary N) is 1. The van der Waals surface area contributed by atoms with E-state index in [9.17, 15) is 4.79 Å². The predicted molar refractivity (Wildman–Crippen MR) is 57.8 cm³/mol. The smallest absolute Gasteiger partial charge is 0.237 e. The molecule has 0 aliphatic carbocycles. The van der Waals surface area contributed by atoms with Crippen molar-refractivity contribution < 1.29 is 4.79 Å². The molecule has 15 heavy (non-hydrogen) atoms. The van der Waals surface area contributed by atoms with Crippen molar-refractivity contribution in [2.24, 2.45) is 5.92 Å². The number of benzene rings is 1. The highest BCUT2D eigenvalue weighted by atomic mass is 16.1. The van der Waals surface area contributed by atoms with Crippen molar-refractivity contribution >= 4 is 5.91 Å². The summed E-state index contributed by atoms with van der Waals surface area (Å²) in [6, 6.07) is 11.5. The lowest BCUT2D eigenvalue weighted by molar-refractivity contribution is -0.123. The number of carbonyl (C=O) groups excluding carboxylic acids is 1. The van der Waals surface area contributed by atoms with Gasteiger partial charge in [0.25, 0.3) is 0 Å². The van der Waals surface area contributed by atoms with Crippen LogP contribution in [-0.2, 0) is 4.79 Å². The molecule has 1 unspecified atom stereocenters. The van der Waals surface area contributed by atoms with Gasteiger partial charge in [0.05, 0.1) is 12.1 Å². The SMILES string of the molecule is CC(C#N)C(=O)N[C@H](C)c1ccccc1. The first kappa shape index (κ1) is 11.3. The molecule has 0 spiro atoms. The average molecular weight is 202 g/mol. The first-order valence-corrected chi connectivity index (χ1v) is 4.90. The molecule has 2 atom stereocenters. The third-order valence-corrected chi connectivity index (χ3v) is 2.25. The lowest BCUT2D eigenvalue weighted by Crippen LogP contribution is -2.30. The summed E-state index contributed by atoms with van der Waals surface area (Å²) in [6.45, 7) is 3.49. The summed E-state index contributed by atoms with van der Waals surface area (Å²) in [5, 5.41) is 11.4. The Kier molecular flexibility index (Phi) is 3.87. The van der Waals surface area contributed by atoms with E-state index in [1.165, 1.54) is 0 Å². The van der Waals surface area contributed by atoms with E-state index in [1.54, 1.807) is 6.92 Å². The van der Waals surface area contributed by atoms with Crippen LogP contribution in [0.2, 0.25) is 0 Å². The fraction of sp³-hybridized carbons (Fsp3) is 0.333. The molecule has 0 aromatic heterocycles. The Labute approximate surface area is 89.7 Å². The monoisotopic (exact) mass is 202 g/mol. The number of carbonyl (C=O) groups is 1. The molecule has 0 saturated heterocycles. The van der Waals surface area contributed by atoms with Gasteiger partial charge in [-0.2, -0.15) is 5.26 Å². The quantitative estimate of drug-likeness (QED) is 0.815. The summed E-state index contributed by atoms with van der Waals surface area (Å²) in [4.78, 5) is 11.4. The largest absolute Gasteiger partial charge is 0.348 e. The molecular formula is C12H14N2O. The predicted octanol–water partition coefficient (Wildman–Crippen LogP) is 2.02. The van der Waals surface area contributed by atoms with E-state index in [2.05, 4.69) is 5.32 Å². The van der Waals surface area contributed by atoms with E-state index in [0.717, 1.165) is 5.56 Å². The Balaban J connectivity index is 2.61. The summed E-state index contributed by atoms with van der Waals surface area (Å²) in [5.41, 5.74) is 1.04. The maximum absolute atomic E-state index is 11.4. The highest BCUT2D eigenvalue weighted by Gasteiger charge is 2.14. The van der Waals surface area contributed by atoms with Crippen LogP contribution >= 0.6 is 0 Å². The lowest BCUT2D eigenvalue weighted by atomic mass is 10.1. The van der Waals surface area contributed by atoms with Gasteiger partial charge < -0.3 is 5.32 Å². The highest BCUT2D eigenvalue weighted by Crippen LogP contribution is 2.11. The molecule has 78 valence electrons. The molecule has 0 aliphatic heterocycles. The first-order chi connectivity index (χ1) is 7.15. The minimum Gasteiger partial charge on any atom is -0.348 e. The van der Waals surface area contributed by atoms with Crippen LogP contribution < -0.4 is 5.32 Å². The number of nitriles is 1. The van der Waals surface area contributed by atoms with E-state index in [0.29, 0.717) is 0 Å². The van der Waals surface area contributed by atoms with Crippen molar-refractivity contribution in [3.8, 4) is 6.07 Å². The van der Waals surface area contributed by atoms with Crippen LogP contribution in [0.25, 0.3) is 0 Å².